The van der Waals surface area contributed by atoms with E-state index in [0.29, 0.717) is 43.1 Å². The van der Waals surface area contributed by atoms with Crippen LogP contribution in [0.25, 0.3) is 0 Å². The third-order valence-corrected chi connectivity index (χ3v) is 3.71. The van der Waals surface area contributed by atoms with Crippen molar-refractivity contribution in [1.82, 2.24) is 5.32 Å². The van der Waals surface area contributed by atoms with E-state index in [2.05, 4.69) is 5.32 Å². The summed E-state index contributed by atoms with van der Waals surface area (Å²) in [6.07, 6.45) is 1.21. The molecule has 1 aliphatic carbocycles. The van der Waals surface area contributed by atoms with Crippen LogP contribution in [-0.4, -0.2) is 36.7 Å². The highest BCUT2D eigenvalue weighted by atomic mass is 16.6. The number of amides is 1. The van der Waals surface area contributed by atoms with Crippen LogP contribution in [-0.2, 0) is 4.79 Å². The summed E-state index contributed by atoms with van der Waals surface area (Å²) >= 11 is 0. The molecule has 0 unspecified atom stereocenters. The molecule has 0 saturated heterocycles. The topological polar surface area (TPSA) is 84.9 Å². The van der Waals surface area contributed by atoms with E-state index in [1.165, 1.54) is 0 Å². The van der Waals surface area contributed by atoms with Crippen LogP contribution in [0.1, 0.15) is 23.2 Å². The summed E-state index contributed by atoms with van der Waals surface area (Å²) < 4.78 is 10.9. The molecule has 1 aliphatic heterocycles. The predicted octanol–water partition coefficient (Wildman–Crippen LogP) is 1.05. The van der Waals surface area contributed by atoms with Gasteiger partial charge in [-0.25, -0.2) is 0 Å². The van der Waals surface area contributed by atoms with Gasteiger partial charge >= 0.3 is 5.97 Å². The standard InChI is InChI=1S/C14H15NO5/c16-12(15-8-14(4-5-14)13(17)18)9-2-1-3-10-11(9)20-7-6-19-10/h1-3H,4-8H2,(H,15,16)(H,17,18). The van der Waals surface area contributed by atoms with Gasteiger partial charge in [0.2, 0.25) is 0 Å². The van der Waals surface area contributed by atoms with Gasteiger partial charge in [0.05, 0.1) is 11.0 Å². The number of ether oxygens (including phenoxy) is 2. The summed E-state index contributed by atoms with van der Waals surface area (Å²) in [5.41, 5.74) is -0.398. The minimum absolute atomic E-state index is 0.145. The van der Waals surface area contributed by atoms with Crippen LogP contribution in [0.5, 0.6) is 11.5 Å². The van der Waals surface area contributed by atoms with Crippen LogP contribution in [0.3, 0.4) is 0 Å². The summed E-state index contributed by atoms with van der Waals surface area (Å²) in [7, 11) is 0. The van der Waals surface area contributed by atoms with E-state index >= 15 is 0 Å². The first-order valence-corrected chi connectivity index (χ1v) is 6.53. The second kappa shape index (κ2) is 4.70. The van der Waals surface area contributed by atoms with Gasteiger partial charge in [-0.2, -0.15) is 0 Å². The third-order valence-electron chi connectivity index (χ3n) is 3.71. The Morgan fingerprint density at radius 2 is 2.00 bits per heavy atom. The molecule has 1 aromatic carbocycles. The highest BCUT2D eigenvalue weighted by molar-refractivity contribution is 5.98. The molecular weight excluding hydrogens is 262 g/mol. The normalized spacial score (nSPS) is 18.2. The number of fused-ring (bicyclic) bond motifs is 1. The van der Waals surface area contributed by atoms with E-state index in [4.69, 9.17) is 14.6 Å². The Hall–Kier alpha value is -2.24. The van der Waals surface area contributed by atoms with Gasteiger partial charge in [-0.15, -0.1) is 0 Å². The molecule has 2 N–H and O–H groups in total. The first kappa shape index (κ1) is 12.8. The number of para-hydroxylation sites is 1. The molecule has 20 heavy (non-hydrogen) atoms. The molecule has 0 atom stereocenters. The van der Waals surface area contributed by atoms with Crippen molar-refractivity contribution in [3.8, 4) is 11.5 Å². The first-order chi connectivity index (χ1) is 9.62. The molecule has 1 saturated carbocycles. The summed E-state index contributed by atoms with van der Waals surface area (Å²) in [5, 5.41) is 11.8. The van der Waals surface area contributed by atoms with Gasteiger partial charge in [-0.05, 0) is 25.0 Å². The maximum absolute atomic E-state index is 12.2. The summed E-state index contributed by atoms with van der Waals surface area (Å²) in [4.78, 5) is 23.2. The van der Waals surface area contributed by atoms with Crippen molar-refractivity contribution in [2.24, 2.45) is 5.41 Å². The Balaban J connectivity index is 1.73. The monoisotopic (exact) mass is 277 g/mol. The Bertz CT molecular complexity index is 565. The lowest BCUT2D eigenvalue weighted by Crippen LogP contribution is -2.34. The SMILES string of the molecule is O=C(NCC1(C(=O)O)CC1)c1cccc2c1OCCO2. The molecule has 1 aromatic rings. The van der Waals surface area contributed by atoms with E-state index in [1.54, 1.807) is 18.2 Å². The van der Waals surface area contributed by atoms with Gasteiger partial charge in [-0.1, -0.05) is 6.07 Å². The molecule has 0 spiro atoms. The Labute approximate surface area is 115 Å². The fourth-order valence-corrected chi connectivity index (χ4v) is 2.21. The van der Waals surface area contributed by atoms with Crippen LogP contribution < -0.4 is 14.8 Å². The molecule has 2 aliphatic rings. The Morgan fingerprint density at radius 3 is 2.70 bits per heavy atom. The zero-order chi connectivity index (χ0) is 14.2. The number of rotatable bonds is 4. The Morgan fingerprint density at radius 1 is 1.25 bits per heavy atom. The maximum Gasteiger partial charge on any atom is 0.311 e. The minimum atomic E-state index is -0.854. The zero-order valence-electron chi connectivity index (χ0n) is 10.8. The third kappa shape index (κ3) is 2.17. The first-order valence-electron chi connectivity index (χ1n) is 6.53. The van der Waals surface area contributed by atoms with Gasteiger partial charge in [-0.3, -0.25) is 9.59 Å². The highest BCUT2D eigenvalue weighted by Crippen LogP contribution is 2.45. The van der Waals surface area contributed by atoms with Gasteiger partial charge in [0, 0.05) is 6.54 Å². The van der Waals surface area contributed by atoms with E-state index in [1.807, 2.05) is 0 Å². The minimum Gasteiger partial charge on any atom is -0.486 e. The molecule has 0 bridgehead atoms. The lowest BCUT2D eigenvalue weighted by molar-refractivity contribution is -0.143. The second-order valence-corrected chi connectivity index (χ2v) is 5.10. The molecular formula is C14H15NO5. The number of benzene rings is 1. The van der Waals surface area contributed by atoms with Crippen molar-refractivity contribution in [3.05, 3.63) is 23.8 Å². The molecule has 1 amide bonds. The average molecular weight is 277 g/mol. The molecule has 1 fully saturated rings. The van der Waals surface area contributed by atoms with Gasteiger partial charge in [0.15, 0.2) is 11.5 Å². The molecule has 6 heteroatoms. The summed E-state index contributed by atoms with van der Waals surface area (Å²) in [6.45, 7) is 1.00. The van der Waals surface area contributed by atoms with Crippen molar-refractivity contribution < 1.29 is 24.2 Å². The van der Waals surface area contributed by atoms with Crippen molar-refractivity contribution >= 4 is 11.9 Å². The van der Waals surface area contributed by atoms with Crippen LogP contribution in [0.15, 0.2) is 18.2 Å². The van der Waals surface area contributed by atoms with E-state index in [9.17, 15) is 9.59 Å². The molecule has 1 heterocycles. The van der Waals surface area contributed by atoms with E-state index in [-0.39, 0.29) is 12.5 Å². The number of carboxylic acids is 1. The van der Waals surface area contributed by atoms with Gasteiger partial charge < -0.3 is 19.9 Å². The molecule has 0 aromatic heterocycles. The number of carbonyl (C=O) groups is 2. The smallest absolute Gasteiger partial charge is 0.311 e. The largest absolute Gasteiger partial charge is 0.486 e. The van der Waals surface area contributed by atoms with Crippen molar-refractivity contribution in [2.45, 2.75) is 12.8 Å². The van der Waals surface area contributed by atoms with E-state index < -0.39 is 11.4 Å². The second-order valence-electron chi connectivity index (χ2n) is 5.10. The van der Waals surface area contributed by atoms with Crippen molar-refractivity contribution in [2.75, 3.05) is 19.8 Å². The number of hydrogen-bond acceptors (Lipinski definition) is 4. The lowest BCUT2D eigenvalue weighted by Gasteiger charge is -2.21. The number of aliphatic carboxylic acids is 1. The average Bonchev–Trinajstić information content (AvgIpc) is 3.25. The Kier molecular flexibility index (Phi) is 3.00. The lowest BCUT2D eigenvalue weighted by atomic mass is 10.1. The molecule has 0 radical (unpaired) electrons. The van der Waals surface area contributed by atoms with Crippen molar-refractivity contribution in [1.29, 1.82) is 0 Å². The number of nitrogens with one attached hydrogen (secondary N) is 1. The number of hydrogen-bond donors (Lipinski definition) is 2. The molecule has 106 valence electrons. The highest BCUT2D eigenvalue weighted by Gasteiger charge is 2.50. The number of carboxylic acid groups (broad SMARTS) is 1. The van der Waals surface area contributed by atoms with E-state index in [0.717, 1.165) is 0 Å². The molecule has 6 nitrogen and oxygen atoms in total. The van der Waals surface area contributed by atoms with Crippen molar-refractivity contribution in [3.63, 3.8) is 0 Å². The zero-order valence-corrected chi connectivity index (χ0v) is 10.8. The van der Waals surface area contributed by atoms with Crippen LogP contribution in [0.2, 0.25) is 0 Å². The quantitative estimate of drug-likeness (QED) is 0.859. The maximum atomic E-state index is 12.2. The fourth-order valence-electron chi connectivity index (χ4n) is 2.21. The predicted molar refractivity (Wildman–Crippen MR) is 69.1 cm³/mol. The summed E-state index contributed by atoms with van der Waals surface area (Å²) in [6, 6.07) is 5.10. The van der Waals surface area contributed by atoms with Gasteiger partial charge in [0.25, 0.3) is 5.91 Å². The van der Waals surface area contributed by atoms with Crippen LogP contribution >= 0.6 is 0 Å². The van der Waals surface area contributed by atoms with Gasteiger partial charge in [0.1, 0.15) is 13.2 Å². The van der Waals surface area contributed by atoms with Crippen LogP contribution in [0.4, 0.5) is 0 Å². The molecule has 3 rings (SSSR count). The summed E-state index contributed by atoms with van der Waals surface area (Å²) in [5.74, 6) is -0.216. The fraction of sp³-hybridized carbons (Fsp3) is 0.429. The van der Waals surface area contributed by atoms with Crippen LogP contribution in [0, 0.1) is 5.41 Å². The number of carbonyl (C=O) groups excluding carboxylic acids is 1.